The highest BCUT2D eigenvalue weighted by atomic mass is 16.5. The Morgan fingerprint density at radius 2 is 1.28 bits per heavy atom. The lowest BCUT2D eigenvalue weighted by molar-refractivity contribution is -0.122. The van der Waals surface area contributed by atoms with Crippen molar-refractivity contribution in [2.24, 2.45) is 0 Å². The van der Waals surface area contributed by atoms with Gasteiger partial charge in [0.1, 0.15) is 0 Å². The monoisotopic (exact) mass is 402 g/mol. The number of ketones is 1. The summed E-state index contributed by atoms with van der Waals surface area (Å²) in [4.78, 5) is 55.9. The number of methoxy groups -OCH3 is 2. The molecule has 2 rings (SSSR count). The fourth-order valence-corrected chi connectivity index (χ4v) is 2.41. The first kappa shape index (κ1) is 23.0. The van der Waals surface area contributed by atoms with E-state index < -0.39 is 23.7 Å². The Labute approximate surface area is 165 Å². The predicted octanol–water partition coefficient (Wildman–Crippen LogP) is 2.20. The molecule has 0 aliphatic carbocycles. The Morgan fingerprint density at radius 3 is 1.76 bits per heavy atom. The third-order valence-electron chi connectivity index (χ3n) is 3.82. The maximum absolute atomic E-state index is 12.7. The van der Waals surface area contributed by atoms with Crippen molar-refractivity contribution in [1.29, 1.82) is 0 Å². The standard InChI is InChI=1S/C19H16O7.CH2O2/c1-10-4-5-11(8-14(10)19(24)26-3)16(20)12-6-7-13(18(23)25-2)15(9-12)17(21)22;2-1-3/h4-9H,1-3H3,(H,21,22);1H,(H,2,3). The average molecular weight is 402 g/mol. The number of carboxylic acids is 1. The van der Waals surface area contributed by atoms with Gasteiger partial charge in [-0.2, -0.15) is 0 Å². The van der Waals surface area contributed by atoms with E-state index in [1.165, 1.54) is 31.4 Å². The second-order valence-corrected chi connectivity index (χ2v) is 5.51. The first-order chi connectivity index (χ1) is 13.7. The highest BCUT2D eigenvalue weighted by molar-refractivity contribution is 6.12. The molecule has 0 bridgehead atoms. The number of carbonyl (C=O) groups is 5. The molecule has 0 unspecified atom stereocenters. The van der Waals surface area contributed by atoms with Crippen molar-refractivity contribution in [1.82, 2.24) is 0 Å². The number of carbonyl (C=O) groups excluding carboxylic acids is 3. The zero-order valence-corrected chi connectivity index (χ0v) is 15.8. The summed E-state index contributed by atoms with van der Waals surface area (Å²) >= 11 is 0. The summed E-state index contributed by atoms with van der Waals surface area (Å²) in [5, 5.41) is 16.2. The maximum atomic E-state index is 12.7. The van der Waals surface area contributed by atoms with E-state index in [-0.39, 0.29) is 34.3 Å². The molecule has 0 amide bonds. The summed E-state index contributed by atoms with van der Waals surface area (Å²) in [5.74, 6) is -3.25. The number of hydrogen-bond acceptors (Lipinski definition) is 7. The Hall–Kier alpha value is -4.01. The minimum Gasteiger partial charge on any atom is -0.483 e. The lowest BCUT2D eigenvalue weighted by atomic mass is 9.96. The Morgan fingerprint density at radius 1 is 0.828 bits per heavy atom. The van der Waals surface area contributed by atoms with E-state index in [2.05, 4.69) is 9.47 Å². The fraction of sp³-hybridized carbons (Fsp3) is 0.150. The van der Waals surface area contributed by atoms with Gasteiger partial charge in [-0.05, 0) is 30.7 Å². The van der Waals surface area contributed by atoms with Crippen LogP contribution in [0.15, 0.2) is 36.4 Å². The van der Waals surface area contributed by atoms with Gasteiger partial charge in [0.15, 0.2) is 5.78 Å². The number of ether oxygens (including phenoxy) is 2. The molecule has 0 spiro atoms. The van der Waals surface area contributed by atoms with Crippen molar-refractivity contribution in [2.75, 3.05) is 14.2 Å². The molecule has 152 valence electrons. The fourth-order valence-electron chi connectivity index (χ4n) is 2.41. The highest BCUT2D eigenvalue weighted by Gasteiger charge is 2.21. The van der Waals surface area contributed by atoms with Gasteiger partial charge in [-0.3, -0.25) is 9.59 Å². The van der Waals surface area contributed by atoms with Gasteiger partial charge in [0.2, 0.25) is 0 Å². The van der Waals surface area contributed by atoms with Gasteiger partial charge in [0.05, 0.1) is 30.9 Å². The van der Waals surface area contributed by atoms with E-state index in [9.17, 15) is 24.3 Å². The molecular weight excluding hydrogens is 384 g/mol. The smallest absolute Gasteiger partial charge is 0.338 e. The van der Waals surface area contributed by atoms with Crippen molar-refractivity contribution < 1.29 is 43.7 Å². The lowest BCUT2D eigenvalue weighted by Crippen LogP contribution is -2.13. The van der Waals surface area contributed by atoms with Crippen LogP contribution in [0.25, 0.3) is 0 Å². The third-order valence-corrected chi connectivity index (χ3v) is 3.82. The summed E-state index contributed by atoms with van der Waals surface area (Å²) in [6, 6.07) is 8.17. The van der Waals surface area contributed by atoms with Crippen LogP contribution in [-0.4, -0.2) is 54.6 Å². The highest BCUT2D eigenvalue weighted by Crippen LogP contribution is 2.19. The second kappa shape index (κ2) is 10.4. The van der Waals surface area contributed by atoms with E-state index in [0.29, 0.717) is 5.56 Å². The maximum Gasteiger partial charge on any atom is 0.338 e. The van der Waals surface area contributed by atoms with Gasteiger partial charge < -0.3 is 19.7 Å². The molecule has 0 atom stereocenters. The number of benzene rings is 2. The molecule has 0 saturated heterocycles. The molecule has 2 aromatic rings. The topological polar surface area (TPSA) is 144 Å². The zero-order valence-electron chi connectivity index (χ0n) is 15.8. The number of aryl methyl sites for hydroxylation is 1. The number of rotatable bonds is 5. The van der Waals surface area contributed by atoms with Crippen molar-refractivity contribution in [2.45, 2.75) is 6.92 Å². The largest absolute Gasteiger partial charge is 0.483 e. The van der Waals surface area contributed by atoms with E-state index in [4.69, 9.17) is 9.90 Å². The van der Waals surface area contributed by atoms with Gasteiger partial charge in [-0.1, -0.05) is 18.2 Å². The number of carboxylic acid groups (broad SMARTS) is 2. The van der Waals surface area contributed by atoms with Crippen LogP contribution < -0.4 is 0 Å². The van der Waals surface area contributed by atoms with E-state index in [1.54, 1.807) is 13.0 Å². The van der Waals surface area contributed by atoms with Crippen molar-refractivity contribution in [3.05, 3.63) is 69.8 Å². The van der Waals surface area contributed by atoms with Crippen LogP contribution in [0, 0.1) is 6.92 Å². The van der Waals surface area contributed by atoms with Crippen molar-refractivity contribution in [3.8, 4) is 0 Å². The van der Waals surface area contributed by atoms with Gasteiger partial charge in [-0.15, -0.1) is 0 Å². The average Bonchev–Trinajstić information content (AvgIpc) is 2.72. The summed E-state index contributed by atoms with van der Waals surface area (Å²) < 4.78 is 9.22. The molecule has 2 aromatic carbocycles. The molecule has 0 radical (unpaired) electrons. The van der Waals surface area contributed by atoms with Crippen LogP contribution in [0.1, 0.15) is 52.6 Å². The number of esters is 2. The lowest BCUT2D eigenvalue weighted by Gasteiger charge is -2.09. The van der Waals surface area contributed by atoms with Crippen LogP contribution in [0.3, 0.4) is 0 Å². The van der Waals surface area contributed by atoms with Crippen molar-refractivity contribution in [3.63, 3.8) is 0 Å². The summed E-state index contributed by atoms with van der Waals surface area (Å²) in [6.45, 7) is 1.45. The minimum atomic E-state index is -1.36. The zero-order chi connectivity index (χ0) is 22.1. The molecule has 0 fully saturated rings. The SMILES string of the molecule is COC(=O)c1cc(C(=O)c2ccc(C(=O)OC)c(C(=O)O)c2)ccc1C.O=CO. The molecule has 0 saturated carbocycles. The third kappa shape index (κ3) is 5.48. The van der Waals surface area contributed by atoms with Crippen LogP contribution >= 0.6 is 0 Å². The molecular formula is C20H18O9. The molecule has 29 heavy (non-hydrogen) atoms. The van der Waals surface area contributed by atoms with Crippen LogP contribution in [0.5, 0.6) is 0 Å². The number of hydrogen-bond donors (Lipinski definition) is 2. The van der Waals surface area contributed by atoms with Gasteiger partial charge in [-0.25, -0.2) is 14.4 Å². The van der Waals surface area contributed by atoms with E-state index >= 15 is 0 Å². The quantitative estimate of drug-likeness (QED) is 0.437. The summed E-state index contributed by atoms with van der Waals surface area (Å²) in [6.07, 6.45) is 0. The predicted molar refractivity (Wildman–Crippen MR) is 99.4 cm³/mol. The van der Waals surface area contributed by atoms with Gasteiger partial charge in [0.25, 0.3) is 6.47 Å². The molecule has 9 nitrogen and oxygen atoms in total. The molecule has 0 aliphatic rings. The van der Waals surface area contributed by atoms with Gasteiger partial charge in [0, 0.05) is 11.1 Å². The van der Waals surface area contributed by atoms with Crippen molar-refractivity contribution >= 4 is 30.2 Å². The van der Waals surface area contributed by atoms with E-state index in [0.717, 1.165) is 13.2 Å². The summed E-state index contributed by atoms with van der Waals surface area (Å²) in [7, 11) is 2.37. The molecule has 9 heteroatoms. The second-order valence-electron chi connectivity index (χ2n) is 5.51. The normalized spacial score (nSPS) is 9.48. The summed E-state index contributed by atoms with van der Waals surface area (Å²) in [5.41, 5.74) is 0.634. The van der Waals surface area contributed by atoms with Gasteiger partial charge >= 0.3 is 17.9 Å². The minimum absolute atomic E-state index is 0.0646. The van der Waals surface area contributed by atoms with Crippen LogP contribution in [0.4, 0.5) is 0 Å². The van der Waals surface area contributed by atoms with Crippen LogP contribution in [0.2, 0.25) is 0 Å². The van der Waals surface area contributed by atoms with Crippen LogP contribution in [-0.2, 0) is 14.3 Å². The molecule has 0 aliphatic heterocycles. The molecule has 2 N–H and O–H groups in total. The Balaban J connectivity index is 0.00000132. The Kier molecular flexibility index (Phi) is 8.22. The molecule has 0 aromatic heterocycles. The first-order valence-electron chi connectivity index (χ1n) is 7.98. The first-order valence-corrected chi connectivity index (χ1v) is 7.98. The Bertz CT molecular complexity index is 960. The molecule has 0 heterocycles. The van der Waals surface area contributed by atoms with E-state index in [1.807, 2.05) is 0 Å². The number of aromatic carboxylic acids is 1.